The number of rotatable bonds is 0. The average Bonchev–Trinajstić information content (AvgIpc) is 2.73. The zero-order valence-electron chi connectivity index (χ0n) is 9.97. The fourth-order valence-corrected chi connectivity index (χ4v) is 3.10. The van der Waals surface area contributed by atoms with Gasteiger partial charge in [0.05, 0.1) is 6.04 Å². The van der Waals surface area contributed by atoms with Crippen LogP contribution in [0, 0.1) is 0 Å². The lowest BCUT2D eigenvalue weighted by Gasteiger charge is -2.31. The minimum atomic E-state index is 0.110. The molecule has 0 saturated carbocycles. The molecule has 0 fully saturated rings. The molecular weight excluding hydrogens is 222 g/mol. The fraction of sp³-hybridized carbons (Fsp3) is 0.188. The van der Waals surface area contributed by atoms with Crippen LogP contribution in [0.5, 0.6) is 0 Å². The van der Waals surface area contributed by atoms with Gasteiger partial charge in [0.1, 0.15) is 0 Å². The molecule has 1 amide bonds. The van der Waals surface area contributed by atoms with Crippen LogP contribution in [-0.2, 0) is 0 Å². The van der Waals surface area contributed by atoms with E-state index in [2.05, 4.69) is 30.4 Å². The molecule has 2 nitrogen and oxygen atoms in total. The van der Waals surface area contributed by atoms with E-state index < -0.39 is 0 Å². The van der Waals surface area contributed by atoms with Gasteiger partial charge >= 0.3 is 0 Å². The molecule has 1 aromatic carbocycles. The van der Waals surface area contributed by atoms with E-state index in [0.717, 1.165) is 24.0 Å². The number of hydrogen-bond acceptors (Lipinski definition) is 1. The topological polar surface area (TPSA) is 20.3 Å². The molecule has 88 valence electrons. The Morgan fingerprint density at radius 3 is 3.00 bits per heavy atom. The number of allylic oxidation sites excluding steroid dienone is 5. The van der Waals surface area contributed by atoms with E-state index in [1.165, 1.54) is 11.3 Å². The monoisotopic (exact) mass is 235 g/mol. The van der Waals surface area contributed by atoms with Gasteiger partial charge in [-0.1, -0.05) is 42.5 Å². The summed E-state index contributed by atoms with van der Waals surface area (Å²) in [6.07, 6.45) is 10.6. The third-order valence-corrected chi connectivity index (χ3v) is 3.93. The summed E-state index contributed by atoms with van der Waals surface area (Å²) in [5, 5.41) is 0. The van der Waals surface area contributed by atoms with Crippen LogP contribution in [0.25, 0.3) is 0 Å². The first-order valence-electron chi connectivity index (χ1n) is 6.36. The van der Waals surface area contributed by atoms with Crippen LogP contribution in [0.2, 0.25) is 0 Å². The van der Waals surface area contributed by atoms with E-state index in [4.69, 9.17) is 0 Å². The van der Waals surface area contributed by atoms with Gasteiger partial charge in [0.15, 0.2) is 0 Å². The van der Waals surface area contributed by atoms with Crippen LogP contribution in [0.3, 0.4) is 0 Å². The van der Waals surface area contributed by atoms with Crippen molar-refractivity contribution in [2.75, 3.05) is 0 Å². The second kappa shape index (κ2) is 3.45. The highest BCUT2D eigenvalue weighted by atomic mass is 16.2. The van der Waals surface area contributed by atoms with Crippen LogP contribution >= 0.6 is 0 Å². The molecule has 1 atom stereocenters. The van der Waals surface area contributed by atoms with E-state index in [1.54, 1.807) is 0 Å². The zero-order chi connectivity index (χ0) is 12.1. The van der Waals surface area contributed by atoms with Gasteiger partial charge in [-0.3, -0.25) is 4.79 Å². The van der Waals surface area contributed by atoms with E-state index in [0.29, 0.717) is 0 Å². The van der Waals surface area contributed by atoms with E-state index >= 15 is 0 Å². The maximum atomic E-state index is 12.5. The van der Waals surface area contributed by atoms with Gasteiger partial charge in [-0.2, -0.15) is 0 Å². The van der Waals surface area contributed by atoms with Crippen LogP contribution < -0.4 is 0 Å². The van der Waals surface area contributed by atoms with Gasteiger partial charge in [0.25, 0.3) is 5.91 Å². The molecule has 2 heterocycles. The number of nitrogens with zero attached hydrogens (tertiary/aromatic N) is 1. The zero-order valence-corrected chi connectivity index (χ0v) is 9.97. The molecule has 1 aliphatic carbocycles. The molecule has 2 aliphatic heterocycles. The normalized spacial score (nSPS) is 24.1. The third-order valence-electron chi connectivity index (χ3n) is 3.93. The lowest BCUT2D eigenvalue weighted by Crippen LogP contribution is -2.30. The first-order valence-corrected chi connectivity index (χ1v) is 6.36. The number of carbonyl (C=O) groups is 1. The van der Waals surface area contributed by atoms with Crippen molar-refractivity contribution < 1.29 is 4.79 Å². The summed E-state index contributed by atoms with van der Waals surface area (Å²) in [6, 6.07) is 8.05. The van der Waals surface area contributed by atoms with Gasteiger partial charge in [0.2, 0.25) is 0 Å². The van der Waals surface area contributed by atoms with Gasteiger partial charge in [0, 0.05) is 11.3 Å². The molecule has 0 saturated heterocycles. The maximum absolute atomic E-state index is 12.5. The highest BCUT2D eigenvalue weighted by Gasteiger charge is 2.39. The first-order chi connectivity index (χ1) is 8.86. The molecule has 18 heavy (non-hydrogen) atoms. The quantitative estimate of drug-likeness (QED) is 0.675. The number of benzene rings is 1. The second-order valence-corrected chi connectivity index (χ2v) is 4.91. The van der Waals surface area contributed by atoms with Crippen molar-refractivity contribution in [2.24, 2.45) is 0 Å². The van der Waals surface area contributed by atoms with Gasteiger partial charge < -0.3 is 4.90 Å². The van der Waals surface area contributed by atoms with Crippen molar-refractivity contribution >= 4 is 5.91 Å². The summed E-state index contributed by atoms with van der Waals surface area (Å²) in [7, 11) is 0. The molecule has 1 unspecified atom stereocenters. The molecule has 2 heteroatoms. The van der Waals surface area contributed by atoms with Crippen LogP contribution in [0.15, 0.2) is 59.8 Å². The largest absolute Gasteiger partial charge is 0.300 e. The van der Waals surface area contributed by atoms with Crippen LogP contribution in [0.1, 0.15) is 34.8 Å². The minimum Gasteiger partial charge on any atom is -0.300 e. The third kappa shape index (κ3) is 1.15. The summed E-state index contributed by atoms with van der Waals surface area (Å²) in [6.45, 7) is 0. The SMILES string of the molecule is O=C1c2ccccc2C2C=CC3=C(CCC=C3)N12. The van der Waals surface area contributed by atoms with Crippen molar-refractivity contribution in [1.82, 2.24) is 4.90 Å². The molecule has 0 aromatic heterocycles. The number of amides is 1. The molecule has 3 aliphatic rings. The molecule has 4 rings (SSSR count). The second-order valence-electron chi connectivity index (χ2n) is 4.91. The van der Waals surface area contributed by atoms with Gasteiger partial charge in [-0.05, 0) is 30.0 Å². The standard InChI is InChI=1S/C16H13NO/c18-16-13-7-3-2-6-12(13)15-10-9-11-5-1-4-8-14(11)17(15)16/h1-3,5-7,9-10,15H,4,8H2. The lowest BCUT2D eigenvalue weighted by atomic mass is 9.95. The number of carbonyl (C=O) groups excluding carboxylic acids is 1. The maximum Gasteiger partial charge on any atom is 0.259 e. The molecule has 1 aromatic rings. The Morgan fingerprint density at radius 1 is 1.17 bits per heavy atom. The molecular formula is C16H13NO. The minimum absolute atomic E-state index is 0.110. The number of fused-ring (bicyclic) bond motifs is 4. The molecule has 0 radical (unpaired) electrons. The van der Waals surface area contributed by atoms with Crippen LogP contribution in [-0.4, -0.2) is 10.8 Å². The van der Waals surface area contributed by atoms with Crippen molar-refractivity contribution in [3.8, 4) is 0 Å². The Labute approximate surface area is 106 Å². The van der Waals surface area contributed by atoms with Gasteiger partial charge in [-0.25, -0.2) is 0 Å². The molecule has 0 bridgehead atoms. The Morgan fingerprint density at radius 2 is 2.06 bits per heavy atom. The summed E-state index contributed by atoms with van der Waals surface area (Å²) in [4.78, 5) is 14.5. The van der Waals surface area contributed by atoms with Crippen LogP contribution in [0.4, 0.5) is 0 Å². The molecule has 0 N–H and O–H groups in total. The number of hydrogen-bond donors (Lipinski definition) is 0. The Bertz CT molecular complexity index is 636. The lowest BCUT2D eigenvalue weighted by molar-refractivity contribution is 0.0799. The van der Waals surface area contributed by atoms with E-state index in [9.17, 15) is 4.79 Å². The predicted octanol–water partition coefficient (Wildman–Crippen LogP) is 3.36. The van der Waals surface area contributed by atoms with E-state index in [-0.39, 0.29) is 11.9 Å². The first kappa shape index (κ1) is 9.89. The Hall–Kier alpha value is -2.09. The summed E-state index contributed by atoms with van der Waals surface area (Å²) < 4.78 is 0. The highest BCUT2D eigenvalue weighted by Crippen LogP contribution is 2.43. The fourth-order valence-electron chi connectivity index (χ4n) is 3.10. The smallest absolute Gasteiger partial charge is 0.259 e. The highest BCUT2D eigenvalue weighted by molar-refractivity contribution is 6.01. The summed E-state index contributed by atoms with van der Waals surface area (Å²) in [5.74, 6) is 0.155. The summed E-state index contributed by atoms with van der Waals surface area (Å²) in [5.41, 5.74) is 4.38. The van der Waals surface area contributed by atoms with Gasteiger partial charge in [-0.15, -0.1) is 0 Å². The molecule has 0 spiro atoms. The Kier molecular flexibility index (Phi) is 1.90. The van der Waals surface area contributed by atoms with Crippen molar-refractivity contribution in [3.05, 3.63) is 71.0 Å². The predicted molar refractivity (Wildman–Crippen MR) is 69.9 cm³/mol. The van der Waals surface area contributed by atoms with Crippen molar-refractivity contribution in [3.63, 3.8) is 0 Å². The average molecular weight is 235 g/mol. The van der Waals surface area contributed by atoms with Crippen molar-refractivity contribution in [1.29, 1.82) is 0 Å². The summed E-state index contributed by atoms with van der Waals surface area (Å²) >= 11 is 0. The van der Waals surface area contributed by atoms with Crippen molar-refractivity contribution in [2.45, 2.75) is 18.9 Å². The van der Waals surface area contributed by atoms with E-state index in [1.807, 2.05) is 23.1 Å². The Balaban J connectivity index is 1.90.